The molecule has 0 unspecified atom stereocenters. The molecular weight excluding hydrogens is 174 g/mol. The zero-order chi connectivity index (χ0) is 9.80. The second-order valence-corrected chi connectivity index (χ2v) is 4.05. The van der Waals surface area contributed by atoms with Gasteiger partial charge < -0.3 is 10.6 Å². The predicted molar refractivity (Wildman–Crippen MR) is 59.2 cm³/mol. The highest BCUT2D eigenvalue weighted by Crippen LogP contribution is 2.06. The van der Waals surface area contributed by atoms with Crippen molar-refractivity contribution in [3.05, 3.63) is 23.4 Å². The van der Waals surface area contributed by atoms with Crippen LogP contribution in [0.1, 0.15) is 6.92 Å². The molecule has 0 aromatic heterocycles. The molecule has 2 heterocycles. The molecule has 0 amide bonds. The zero-order valence-electron chi connectivity index (χ0n) is 8.84. The van der Waals surface area contributed by atoms with Crippen LogP contribution in [-0.2, 0) is 0 Å². The van der Waals surface area contributed by atoms with Gasteiger partial charge in [0.05, 0.1) is 0 Å². The van der Waals surface area contributed by atoms with Gasteiger partial charge in [-0.3, -0.25) is 4.90 Å². The maximum absolute atomic E-state index is 3.37. The average Bonchev–Trinajstić information content (AvgIpc) is 2.23. The molecule has 0 aromatic rings. The van der Waals surface area contributed by atoms with Crippen molar-refractivity contribution in [2.75, 3.05) is 39.3 Å². The van der Waals surface area contributed by atoms with Gasteiger partial charge >= 0.3 is 0 Å². The number of nitrogens with one attached hydrogen (secondary N) is 2. The normalized spacial score (nSPS) is 23.8. The first-order valence-electron chi connectivity index (χ1n) is 5.38. The second-order valence-electron chi connectivity index (χ2n) is 4.05. The molecule has 0 bridgehead atoms. The molecule has 2 N–H and O–H groups in total. The number of rotatable bonds is 2. The van der Waals surface area contributed by atoms with E-state index < -0.39 is 0 Å². The molecule has 2 aliphatic rings. The molecule has 0 aromatic carbocycles. The van der Waals surface area contributed by atoms with Crippen LogP contribution in [0.25, 0.3) is 0 Å². The fourth-order valence-electron chi connectivity index (χ4n) is 1.88. The van der Waals surface area contributed by atoms with Gasteiger partial charge in [-0.2, -0.15) is 0 Å². The number of nitrogens with zero attached hydrogens (tertiary/aromatic N) is 1. The number of dihydropyridines is 1. The van der Waals surface area contributed by atoms with Crippen molar-refractivity contribution in [1.29, 1.82) is 0 Å². The summed E-state index contributed by atoms with van der Waals surface area (Å²) < 4.78 is 0. The Balaban J connectivity index is 1.84. The van der Waals surface area contributed by atoms with Crippen LogP contribution in [0.2, 0.25) is 0 Å². The number of hydrogen-bond acceptors (Lipinski definition) is 3. The summed E-state index contributed by atoms with van der Waals surface area (Å²) >= 11 is 0. The Hall–Kier alpha value is -0.800. The van der Waals surface area contributed by atoms with E-state index in [-0.39, 0.29) is 0 Å². The summed E-state index contributed by atoms with van der Waals surface area (Å²) in [5.41, 5.74) is 2.77. The van der Waals surface area contributed by atoms with Crippen LogP contribution in [0, 0.1) is 0 Å². The Bertz CT molecular complexity index is 249. The molecule has 0 spiro atoms. The molecule has 14 heavy (non-hydrogen) atoms. The molecular formula is C11H19N3. The van der Waals surface area contributed by atoms with E-state index in [1.807, 2.05) is 0 Å². The van der Waals surface area contributed by atoms with E-state index in [4.69, 9.17) is 0 Å². The van der Waals surface area contributed by atoms with Crippen molar-refractivity contribution in [3.63, 3.8) is 0 Å². The van der Waals surface area contributed by atoms with Crippen molar-refractivity contribution in [2.24, 2.45) is 0 Å². The van der Waals surface area contributed by atoms with Gasteiger partial charge in [0.2, 0.25) is 0 Å². The fourth-order valence-corrected chi connectivity index (χ4v) is 1.88. The third-order valence-electron chi connectivity index (χ3n) is 2.80. The predicted octanol–water partition coefficient (Wildman–Crippen LogP) is 0.325. The molecule has 2 aliphatic heterocycles. The van der Waals surface area contributed by atoms with E-state index in [9.17, 15) is 0 Å². The maximum Gasteiger partial charge on any atom is 0.0372 e. The third-order valence-corrected chi connectivity index (χ3v) is 2.80. The summed E-state index contributed by atoms with van der Waals surface area (Å²) in [6.45, 7) is 8.88. The molecule has 3 heteroatoms. The van der Waals surface area contributed by atoms with Crippen LogP contribution < -0.4 is 10.6 Å². The van der Waals surface area contributed by atoms with E-state index in [1.165, 1.54) is 24.4 Å². The van der Waals surface area contributed by atoms with Gasteiger partial charge in [0.1, 0.15) is 0 Å². The fraction of sp³-hybridized carbons (Fsp3) is 0.636. The zero-order valence-corrected chi connectivity index (χ0v) is 8.84. The Morgan fingerprint density at radius 1 is 1.29 bits per heavy atom. The molecule has 1 saturated heterocycles. The number of piperazine rings is 1. The van der Waals surface area contributed by atoms with E-state index >= 15 is 0 Å². The van der Waals surface area contributed by atoms with Crippen LogP contribution in [0.4, 0.5) is 0 Å². The molecule has 78 valence electrons. The number of hydrogen-bond donors (Lipinski definition) is 2. The lowest BCUT2D eigenvalue weighted by molar-refractivity contribution is 0.258. The summed E-state index contributed by atoms with van der Waals surface area (Å²) in [6.07, 6.45) is 4.43. The molecule has 3 nitrogen and oxygen atoms in total. The quantitative estimate of drug-likeness (QED) is 0.661. The minimum atomic E-state index is 1.02. The monoisotopic (exact) mass is 193 g/mol. The molecule has 0 aliphatic carbocycles. The first-order chi connectivity index (χ1) is 6.84. The Morgan fingerprint density at radius 3 is 2.71 bits per heavy atom. The van der Waals surface area contributed by atoms with Gasteiger partial charge in [-0.15, -0.1) is 0 Å². The lowest BCUT2D eigenvalue weighted by atomic mass is 10.1. The van der Waals surface area contributed by atoms with Crippen LogP contribution >= 0.6 is 0 Å². The lowest BCUT2D eigenvalue weighted by Gasteiger charge is -2.29. The van der Waals surface area contributed by atoms with Crippen LogP contribution in [0.3, 0.4) is 0 Å². The van der Waals surface area contributed by atoms with Gasteiger partial charge in [-0.1, -0.05) is 6.08 Å². The van der Waals surface area contributed by atoms with Gasteiger partial charge in [-0.25, -0.2) is 0 Å². The van der Waals surface area contributed by atoms with Crippen molar-refractivity contribution in [3.8, 4) is 0 Å². The first kappa shape index (κ1) is 9.74. The highest BCUT2D eigenvalue weighted by molar-refractivity contribution is 5.23. The van der Waals surface area contributed by atoms with E-state index in [2.05, 4.69) is 34.6 Å². The van der Waals surface area contributed by atoms with Crippen molar-refractivity contribution >= 4 is 0 Å². The van der Waals surface area contributed by atoms with E-state index in [1.54, 1.807) is 0 Å². The summed E-state index contributed by atoms with van der Waals surface area (Å²) in [7, 11) is 0. The van der Waals surface area contributed by atoms with E-state index in [0.29, 0.717) is 0 Å². The van der Waals surface area contributed by atoms with Crippen LogP contribution in [-0.4, -0.2) is 44.2 Å². The topological polar surface area (TPSA) is 27.3 Å². The molecule has 0 atom stereocenters. The summed E-state index contributed by atoms with van der Waals surface area (Å²) in [4.78, 5) is 2.51. The van der Waals surface area contributed by atoms with Gasteiger partial charge in [-0.05, 0) is 18.6 Å². The SMILES string of the molecule is CC1=CC=C(CN2CCNCC2)CN1. The first-order valence-corrected chi connectivity index (χ1v) is 5.38. The maximum atomic E-state index is 3.37. The van der Waals surface area contributed by atoms with Crippen molar-refractivity contribution in [2.45, 2.75) is 6.92 Å². The summed E-state index contributed by atoms with van der Waals surface area (Å²) in [6, 6.07) is 0. The lowest BCUT2D eigenvalue weighted by Crippen LogP contribution is -2.44. The summed E-state index contributed by atoms with van der Waals surface area (Å²) in [5.74, 6) is 0. The van der Waals surface area contributed by atoms with Gasteiger partial charge in [0.15, 0.2) is 0 Å². The molecule has 0 saturated carbocycles. The van der Waals surface area contributed by atoms with Gasteiger partial charge in [0.25, 0.3) is 0 Å². The van der Waals surface area contributed by atoms with Crippen LogP contribution in [0.5, 0.6) is 0 Å². The third kappa shape index (κ3) is 2.59. The average molecular weight is 193 g/mol. The molecule has 2 rings (SSSR count). The van der Waals surface area contributed by atoms with E-state index in [0.717, 1.165) is 26.2 Å². The standard InChI is InChI=1S/C11H19N3/c1-10-2-3-11(8-13-10)9-14-6-4-12-5-7-14/h2-3,12-13H,4-9H2,1H3. The highest BCUT2D eigenvalue weighted by atomic mass is 15.2. The van der Waals surface area contributed by atoms with Crippen LogP contribution in [0.15, 0.2) is 23.4 Å². The Morgan fingerprint density at radius 2 is 2.07 bits per heavy atom. The second kappa shape index (κ2) is 4.62. The highest BCUT2D eigenvalue weighted by Gasteiger charge is 2.11. The Labute approximate surface area is 85.9 Å². The smallest absolute Gasteiger partial charge is 0.0372 e. The summed E-state index contributed by atoms with van der Waals surface area (Å²) in [5, 5.41) is 6.74. The minimum Gasteiger partial charge on any atom is -0.385 e. The largest absolute Gasteiger partial charge is 0.385 e. The van der Waals surface area contributed by atoms with Crippen molar-refractivity contribution < 1.29 is 0 Å². The van der Waals surface area contributed by atoms with Gasteiger partial charge in [0, 0.05) is 45.0 Å². The molecule has 0 radical (unpaired) electrons. The molecule has 1 fully saturated rings. The Kier molecular flexibility index (Phi) is 3.22. The van der Waals surface area contributed by atoms with Crippen molar-refractivity contribution in [1.82, 2.24) is 15.5 Å². The minimum absolute atomic E-state index is 1.02. The number of allylic oxidation sites excluding steroid dienone is 3.